The van der Waals surface area contributed by atoms with Crippen molar-refractivity contribution in [1.29, 1.82) is 0 Å². The molecule has 3 aromatic rings. The van der Waals surface area contributed by atoms with E-state index in [9.17, 15) is 9.18 Å². The number of carbonyl (C=O) groups is 1. The second kappa shape index (κ2) is 9.59. The first-order valence-electron chi connectivity index (χ1n) is 10.0. The average molecular weight is 446 g/mol. The Morgan fingerprint density at radius 1 is 1.19 bits per heavy atom. The molecule has 31 heavy (non-hydrogen) atoms. The van der Waals surface area contributed by atoms with E-state index in [2.05, 4.69) is 9.88 Å². The first kappa shape index (κ1) is 21.5. The van der Waals surface area contributed by atoms with Gasteiger partial charge in [0.1, 0.15) is 11.3 Å². The Kier molecular flexibility index (Phi) is 6.64. The Labute approximate surface area is 183 Å². The Bertz CT molecular complexity index is 1070. The molecule has 0 N–H and O–H groups in total. The van der Waals surface area contributed by atoms with E-state index in [0.29, 0.717) is 53.2 Å². The van der Waals surface area contributed by atoms with Crippen LogP contribution in [0.15, 0.2) is 36.4 Å². The minimum Gasteiger partial charge on any atom is -0.493 e. The normalized spacial score (nSPS) is 14.5. The van der Waals surface area contributed by atoms with Crippen molar-refractivity contribution in [3.63, 3.8) is 0 Å². The Morgan fingerprint density at radius 2 is 1.97 bits per heavy atom. The fourth-order valence-electron chi connectivity index (χ4n) is 3.57. The maximum atomic E-state index is 14.3. The van der Waals surface area contributed by atoms with E-state index in [4.69, 9.17) is 14.2 Å². The number of morpholine rings is 1. The molecule has 0 spiro atoms. The largest absolute Gasteiger partial charge is 0.493 e. The molecular formula is C22H24FN3O4S. The van der Waals surface area contributed by atoms with Gasteiger partial charge in [-0.25, -0.2) is 9.37 Å². The van der Waals surface area contributed by atoms with Crippen molar-refractivity contribution in [3.8, 4) is 11.5 Å². The molecule has 2 heterocycles. The molecule has 1 aromatic heterocycles. The maximum Gasteiger partial charge on any atom is 0.264 e. The SMILES string of the molecule is COc1cccc(C(=O)N(CCN2CCOCC2)c2nc3c(F)cccc3s2)c1OC. The van der Waals surface area contributed by atoms with Crippen molar-refractivity contribution in [3.05, 3.63) is 47.8 Å². The minimum absolute atomic E-state index is 0.268. The van der Waals surface area contributed by atoms with Gasteiger partial charge in [0.25, 0.3) is 5.91 Å². The summed E-state index contributed by atoms with van der Waals surface area (Å²) < 4.78 is 31.2. The van der Waals surface area contributed by atoms with E-state index in [0.717, 1.165) is 13.1 Å². The molecule has 0 unspecified atom stereocenters. The van der Waals surface area contributed by atoms with Crippen molar-refractivity contribution < 1.29 is 23.4 Å². The van der Waals surface area contributed by atoms with E-state index in [1.54, 1.807) is 35.2 Å². The number of nitrogens with zero attached hydrogens (tertiary/aromatic N) is 3. The lowest BCUT2D eigenvalue weighted by atomic mass is 10.1. The van der Waals surface area contributed by atoms with Crippen LogP contribution in [-0.4, -0.2) is 69.4 Å². The number of amides is 1. The van der Waals surface area contributed by atoms with Crippen molar-refractivity contribution in [2.24, 2.45) is 0 Å². The molecule has 1 aliphatic heterocycles. The summed E-state index contributed by atoms with van der Waals surface area (Å²) in [5.74, 6) is 0.151. The molecule has 0 saturated carbocycles. The highest BCUT2D eigenvalue weighted by Gasteiger charge is 2.27. The number of anilines is 1. The molecule has 9 heteroatoms. The van der Waals surface area contributed by atoms with Gasteiger partial charge in [-0.3, -0.25) is 14.6 Å². The third kappa shape index (κ3) is 4.48. The highest BCUT2D eigenvalue weighted by Crippen LogP contribution is 2.35. The zero-order valence-electron chi connectivity index (χ0n) is 17.5. The Morgan fingerprint density at radius 3 is 2.68 bits per heavy atom. The van der Waals surface area contributed by atoms with E-state index in [1.165, 1.54) is 31.6 Å². The molecule has 4 rings (SSSR count). The predicted molar refractivity (Wildman–Crippen MR) is 118 cm³/mol. The summed E-state index contributed by atoms with van der Waals surface area (Å²) in [6.45, 7) is 4.01. The highest BCUT2D eigenvalue weighted by molar-refractivity contribution is 7.22. The summed E-state index contributed by atoms with van der Waals surface area (Å²) in [5, 5.41) is 0.447. The van der Waals surface area contributed by atoms with Crippen molar-refractivity contribution in [2.45, 2.75) is 0 Å². The number of carbonyl (C=O) groups excluding carboxylic acids is 1. The van der Waals surface area contributed by atoms with Crippen LogP contribution >= 0.6 is 11.3 Å². The van der Waals surface area contributed by atoms with Crippen LogP contribution in [0.4, 0.5) is 9.52 Å². The number of hydrogen-bond acceptors (Lipinski definition) is 7. The van der Waals surface area contributed by atoms with Gasteiger partial charge in [-0.2, -0.15) is 0 Å². The van der Waals surface area contributed by atoms with Crippen LogP contribution in [0, 0.1) is 5.82 Å². The number of benzene rings is 2. The van der Waals surface area contributed by atoms with Crippen LogP contribution in [0.5, 0.6) is 11.5 Å². The molecule has 1 aliphatic rings. The standard InChI is InChI=1S/C22H24FN3O4S/c1-28-17-7-3-5-15(20(17)29-2)21(27)26(10-9-25-11-13-30-14-12-25)22-24-19-16(23)6-4-8-18(19)31-22/h3-8H,9-14H2,1-2H3. The second-order valence-corrected chi connectivity index (χ2v) is 8.04. The number of hydrogen-bond donors (Lipinski definition) is 0. The minimum atomic E-state index is -0.403. The van der Waals surface area contributed by atoms with Gasteiger partial charge >= 0.3 is 0 Å². The van der Waals surface area contributed by atoms with Crippen LogP contribution in [-0.2, 0) is 4.74 Å². The average Bonchev–Trinajstić information content (AvgIpc) is 3.24. The molecule has 1 amide bonds. The molecular weight excluding hydrogens is 421 g/mol. The van der Waals surface area contributed by atoms with Gasteiger partial charge in [0.05, 0.1) is 37.7 Å². The summed E-state index contributed by atoms with van der Waals surface area (Å²) >= 11 is 1.29. The molecule has 7 nitrogen and oxygen atoms in total. The van der Waals surface area contributed by atoms with Gasteiger partial charge in [-0.15, -0.1) is 0 Å². The summed E-state index contributed by atoms with van der Waals surface area (Å²) in [5.41, 5.74) is 0.632. The Balaban J connectivity index is 1.70. The van der Waals surface area contributed by atoms with Gasteiger partial charge in [-0.1, -0.05) is 23.5 Å². The molecule has 0 atom stereocenters. The lowest BCUT2D eigenvalue weighted by Gasteiger charge is -2.29. The Hall–Kier alpha value is -2.75. The van der Waals surface area contributed by atoms with Crippen LogP contribution < -0.4 is 14.4 Å². The number of halogens is 1. The quantitative estimate of drug-likeness (QED) is 0.555. The van der Waals surface area contributed by atoms with E-state index < -0.39 is 5.82 Å². The van der Waals surface area contributed by atoms with E-state index in [-0.39, 0.29) is 11.4 Å². The first-order valence-corrected chi connectivity index (χ1v) is 10.8. The number of fused-ring (bicyclic) bond motifs is 1. The maximum absolute atomic E-state index is 14.3. The zero-order valence-corrected chi connectivity index (χ0v) is 18.3. The van der Waals surface area contributed by atoms with Crippen LogP contribution in [0.3, 0.4) is 0 Å². The molecule has 0 bridgehead atoms. The van der Waals surface area contributed by atoms with E-state index >= 15 is 0 Å². The highest BCUT2D eigenvalue weighted by atomic mass is 32.1. The molecule has 1 saturated heterocycles. The van der Waals surface area contributed by atoms with Gasteiger partial charge in [0.15, 0.2) is 16.6 Å². The number of rotatable bonds is 7. The number of para-hydroxylation sites is 2. The fourth-order valence-corrected chi connectivity index (χ4v) is 4.57. The summed E-state index contributed by atoms with van der Waals surface area (Å²) in [6, 6.07) is 9.99. The molecule has 1 fully saturated rings. The zero-order chi connectivity index (χ0) is 21.8. The van der Waals surface area contributed by atoms with Crippen molar-refractivity contribution in [2.75, 3.05) is 58.5 Å². The number of thiazole rings is 1. The van der Waals surface area contributed by atoms with Crippen molar-refractivity contribution >= 4 is 32.6 Å². The predicted octanol–water partition coefficient (Wildman–Crippen LogP) is 3.43. The number of aromatic nitrogens is 1. The summed E-state index contributed by atoms with van der Waals surface area (Å²) in [6.07, 6.45) is 0. The smallest absolute Gasteiger partial charge is 0.264 e. The van der Waals surface area contributed by atoms with Crippen LogP contribution in [0.25, 0.3) is 10.2 Å². The molecule has 2 aromatic carbocycles. The van der Waals surface area contributed by atoms with Gasteiger partial charge in [0.2, 0.25) is 0 Å². The summed E-state index contributed by atoms with van der Waals surface area (Å²) in [4.78, 5) is 21.9. The lowest BCUT2D eigenvalue weighted by molar-refractivity contribution is 0.0391. The molecule has 164 valence electrons. The number of methoxy groups -OCH3 is 2. The third-order valence-corrected chi connectivity index (χ3v) is 6.26. The van der Waals surface area contributed by atoms with Gasteiger partial charge < -0.3 is 14.2 Å². The van der Waals surface area contributed by atoms with Crippen LogP contribution in [0.1, 0.15) is 10.4 Å². The second-order valence-electron chi connectivity index (χ2n) is 7.03. The van der Waals surface area contributed by atoms with Gasteiger partial charge in [-0.05, 0) is 24.3 Å². The monoisotopic (exact) mass is 445 g/mol. The fraction of sp³-hybridized carbons (Fsp3) is 0.364. The molecule has 0 aliphatic carbocycles. The van der Waals surface area contributed by atoms with Crippen LogP contribution in [0.2, 0.25) is 0 Å². The molecule has 0 radical (unpaired) electrons. The summed E-state index contributed by atoms with van der Waals surface area (Å²) in [7, 11) is 3.03. The lowest BCUT2D eigenvalue weighted by Crippen LogP contribution is -2.43. The van der Waals surface area contributed by atoms with Crippen molar-refractivity contribution in [1.82, 2.24) is 9.88 Å². The topological polar surface area (TPSA) is 64.1 Å². The number of ether oxygens (including phenoxy) is 3. The third-order valence-electron chi connectivity index (χ3n) is 5.21. The van der Waals surface area contributed by atoms with Gasteiger partial charge in [0, 0.05) is 26.2 Å². The first-order chi connectivity index (χ1) is 15.1. The van der Waals surface area contributed by atoms with E-state index in [1.807, 2.05) is 0 Å².